The van der Waals surface area contributed by atoms with Gasteiger partial charge in [-0.15, -0.1) is 11.8 Å². The van der Waals surface area contributed by atoms with Crippen LogP contribution in [-0.2, 0) is 9.53 Å². The zero-order valence-corrected chi connectivity index (χ0v) is 14.4. The highest BCUT2D eigenvalue weighted by atomic mass is 35.5. The van der Waals surface area contributed by atoms with E-state index in [1.165, 1.54) is 0 Å². The maximum Gasteiger partial charge on any atom is 0.326 e. The molecule has 0 saturated heterocycles. The van der Waals surface area contributed by atoms with Crippen LogP contribution in [0.2, 0.25) is 10.0 Å². The summed E-state index contributed by atoms with van der Waals surface area (Å²) in [4.78, 5) is 13.2. The number of carbonyl (C=O) groups excluding carboxylic acids is 1. The molecule has 0 radical (unpaired) electrons. The van der Waals surface area contributed by atoms with Crippen LogP contribution in [0, 0.1) is 0 Å². The second-order valence-corrected chi connectivity index (χ2v) is 7.20. The zero-order valence-electron chi connectivity index (χ0n) is 12.1. The highest BCUT2D eigenvalue weighted by molar-refractivity contribution is 7.99. The van der Waals surface area contributed by atoms with Crippen LogP contribution in [0.3, 0.4) is 0 Å². The Kier molecular flexibility index (Phi) is 5.83. The van der Waals surface area contributed by atoms with E-state index in [0.717, 1.165) is 17.7 Å². The first kappa shape index (κ1) is 16.9. The molecule has 0 aliphatic heterocycles. The van der Waals surface area contributed by atoms with Crippen molar-refractivity contribution in [2.45, 2.75) is 43.2 Å². The first-order valence-electron chi connectivity index (χ1n) is 6.97. The third kappa shape index (κ3) is 4.78. The van der Waals surface area contributed by atoms with Crippen molar-refractivity contribution < 1.29 is 9.53 Å². The topological polar surface area (TPSA) is 38.3 Å². The molecule has 1 aromatic rings. The van der Waals surface area contributed by atoms with Crippen molar-refractivity contribution in [2.75, 3.05) is 12.4 Å². The molecule has 1 aromatic carbocycles. The fraction of sp³-hybridized carbons (Fsp3) is 0.533. The van der Waals surface area contributed by atoms with Gasteiger partial charge in [-0.2, -0.15) is 0 Å². The molecule has 3 nitrogen and oxygen atoms in total. The molecule has 2 rings (SSSR count). The number of benzene rings is 1. The van der Waals surface area contributed by atoms with Crippen molar-refractivity contribution >= 4 is 40.9 Å². The quantitative estimate of drug-likeness (QED) is 0.593. The van der Waals surface area contributed by atoms with Gasteiger partial charge in [0.15, 0.2) is 0 Å². The van der Waals surface area contributed by atoms with Crippen molar-refractivity contribution in [3.05, 3.63) is 28.2 Å². The summed E-state index contributed by atoms with van der Waals surface area (Å²) >= 11 is 13.5. The van der Waals surface area contributed by atoms with Crippen LogP contribution < -0.4 is 5.32 Å². The molecule has 1 fully saturated rings. The molecule has 6 heteroatoms. The zero-order chi connectivity index (χ0) is 15.5. The van der Waals surface area contributed by atoms with E-state index < -0.39 is 5.54 Å². The summed E-state index contributed by atoms with van der Waals surface area (Å²) in [7, 11) is 0. The van der Waals surface area contributed by atoms with Crippen LogP contribution in [0.1, 0.15) is 26.7 Å². The Morgan fingerprint density at radius 3 is 2.71 bits per heavy atom. The lowest BCUT2D eigenvalue weighted by Crippen LogP contribution is -2.53. The molecular weight excluding hydrogens is 329 g/mol. The second kappa shape index (κ2) is 7.23. The van der Waals surface area contributed by atoms with E-state index >= 15 is 0 Å². The average molecular weight is 348 g/mol. The Morgan fingerprint density at radius 1 is 1.43 bits per heavy atom. The SMILES string of the molecule is CCOC(=O)C(C)(CSc1ccc(Cl)c(Cl)c1)NC1CC1. The third-order valence-corrected chi connectivity index (χ3v) is 5.29. The van der Waals surface area contributed by atoms with Gasteiger partial charge in [0.2, 0.25) is 0 Å². The van der Waals surface area contributed by atoms with Crippen molar-refractivity contribution in [2.24, 2.45) is 0 Å². The lowest BCUT2D eigenvalue weighted by Gasteiger charge is -2.28. The minimum absolute atomic E-state index is 0.204. The molecule has 1 aliphatic rings. The number of thioether (sulfide) groups is 1. The molecule has 0 spiro atoms. The maximum absolute atomic E-state index is 12.2. The Balaban J connectivity index is 2.03. The van der Waals surface area contributed by atoms with E-state index in [9.17, 15) is 4.79 Å². The van der Waals surface area contributed by atoms with Crippen LogP contribution in [0.25, 0.3) is 0 Å². The number of halogens is 2. The minimum atomic E-state index is -0.687. The van der Waals surface area contributed by atoms with Crippen LogP contribution >= 0.6 is 35.0 Å². The maximum atomic E-state index is 12.2. The summed E-state index contributed by atoms with van der Waals surface area (Å²) in [5, 5.41) is 4.45. The average Bonchev–Trinajstić information content (AvgIpc) is 3.24. The lowest BCUT2D eigenvalue weighted by molar-refractivity contribution is -0.149. The molecule has 1 N–H and O–H groups in total. The number of hydrogen-bond acceptors (Lipinski definition) is 4. The van der Waals surface area contributed by atoms with Gasteiger partial charge in [-0.1, -0.05) is 23.2 Å². The highest BCUT2D eigenvalue weighted by Crippen LogP contribution is 2.31. The Labute approximate surface area is 139 Å². The van der Waals surface area contributed by atoms with E-state index in [4.69, 9.17) is 27.9 Å². The van der Waals surface area contributed by atoms with Crippen LogP contribution in [0.15, 0.2) is 23.1 Å². The van der Waals surface area contributed by atoms with E-state index in [0.29, 0.717) is 28.4 Å². The van der Waals surface area contributed by atoms with Gasteiger partial charge in [0.1, 0.15) is 5.54 Å². The van der Waals surface area contributed by atoms with Crippen molar-refractivity contribution in [3.63, 3.8) is 0 Å². The molecule has 1 aliphatic carbocycles. The smallest absolute Gasteiger partial charge is 0.326 e. The number of carbonyl (C=O) groups is 1. The summed E-state index contributed by atoms with van der Waals surface area (Å²) in [6, 6.07) is 5.91. The molecule has 0 aromatic heterocycles. The molecule has 1 atom stereocenters. The largest absolute Gasteiger partial charge is 0.465 e. The Bertz CT molecular complexity index is 522. The van der Waals surface area contributed by atoms with E-state index in [-0.39, 0.29) is 5.97 Å². The summed E-state index contributed by atoms with van der Waals surface area (Å²) < 4.78 is 5.21. The number of hydrogen-bond donors (Lipinski definition) is 1. The monoisotopic (exact) mass is 347 g/mol. The molecule has 21 heavy (non-hydrogen) atoms. The van der Waals surface area contributed by atoms with Gasteiger partial charge in [-0.25, -0.2) is 0 Å². The van der Waals surface area contributed by atoms with Gasteiger partial charge in [-0.3, -0.25) is 10.1 Å². The van der Waals surface area contributed by atoms with Gasteiger partial charge in [-0.05, 0) is 44.9 Å². The summed E-state index contributed by atoms with van der Waals surface area (Å²) in [6.45, 7) is 4.10. The van der Waals surface area contributed by atoms with Gasteiger partial charge in [0.05, 0.1) is 16.7 Å². The molecule has 1 saturated carbocycles. The van der Waals surface area contributed by atoms with Crippen molar-refractivity contribution in [1.29, 1.82) is 0 Å². The molecule has 116 valence electrons. The first-order valence-corrected chi connectivity index (χ1v) is 8.71. The highest BCUT2D eigenvalue weighted by Gasteiger charge is 2.39. The van der Waals surface area contributed by atoms with Gasteiger partial charge in [0.25, 0.3) is 0 Å². The lowest BCUT2D eigenvalue weighted by atomic mass is 10.1. The predicted molar refractivity (Wildman–Crippen MR) is 88.4 cm³/mol. The first-order chi connectivity index (χ1) is 9.94. The van der Waals surface area contributed by atoms with E-state index in [1.54, 1.807) is 17.8 Å². The van der Waals surface area contributed by atoms with Crippen LogP contribution in [0.5, 0.6) is 0 Å². The van der Waals surface area contributed by atoms with Crippen molar-refractivity contribution in [1.82, 2.24) is 5.32 Å². The standard InChI is InChI=1S/C15H19Cl2NO2S/c1-3-20-14(19)15(2,18-10-4-5-10)9-21-11-6-7-12(16)13(17)8-11/h6-8,10,18H,3-5,9H2,1-2H3. The fourth-order valence-electron chi connectivity index (χ4n) is 1.92. The van der Waals surface area contributed by atoms with Gasteiger partial charge >= 0.3 is 5.97 Å². The third-order valence-electron chi connectivity index (χ3n) is 3.24. The number of esters is 1. The number of ether oxygens (including phenoxy) is 1. The van der Waals surface area contributed by atoms with Crippen LogP contribution in [-0.4, -0.2) is 29.9 Å². The van der Waals surface area contributed by atoms with Crippen molar-refractivity contribution in [3.8, 4) is 0 Å². The molecule has 0 amide bonds. The second-order valence-electron chi connectivity index (χ2n) is 5.34. The molecule has 0 heterocycles. The molecule has 0 bridgehead atoms. The van der Waals surface area contributed by atoms with E-state index in [2.05, 4.69) is 5.32 Å². The minimum Gasteiger partial charge on any atom is -0.465 e. The summed E-state index contributed by atoms with van der Waals surface area (Å²) in [6.07, 6.45) is 2.23. The normalized spacial score (nSPS) is 17.3. The summed E-state index contributed by atoms with van der Waals surface area (Å²) in [5.41, 5.74) is -0.687. The van der Waals surface area contributed by atoms with Gasteiger partial charge in [0, 0.05) is 16.7 Å². The molecular formula is C15H19Cl2NO2S. The van der Waals surface area contributed by atoms with Gasteiger partial charge < -0.3 is 4.74 Å². The number of rotatable bonds is 7. The van der Waals surface area contributed by atoms with Crippen LogP contribution in [0.4, 0.5) is 0 Å². The fourth-order valence-corrected chi connectivity index (χ4v) is 3.31. The number of nitrogens with one attached hydrogen (secondary N) is 1. The predicted octanol–water partition coefficient (Wildman–Crippen LogP) is 4.16. The molecule has 1 unspecified atom stereocenters. The van der Waals surface area contributed by atoms with E-state index in [1.807, 2.05) is 26.0 Å². The summed E-state index contributed by atoms with van der Waals surface area (Å²) in [5.74, 6) is 0.379. The Morgan fingerprint density at radius 2 is 2.14 bits per heavy atom. The Hall–Kier alpha value is -0.420.